The molecular formula is C13H18ClN3O2S. The number of hydrogen-bond donors (Lipinski definition) is 0. The monoisotopic (exact) mass is 315 g/mol. The average Bonchev–Trinajstić information content (AvgIpc) is 2.93. The normalized spacial score (nSPS) is 17.8. The Morgan fingerprint density at radius 2 is 2.10 bits per heavy atom. The van der Waals surface area contributed by atoms with Gasteiger partial charge in [0.05, 0.1) is 17.6 Å². The van der Waals surface area contributed by atoms with Gasteiger partial charge in [-0.25, -0.2) is 4.98 Å². The van der Waals surface area contributed by atoms with Crippen LogP contribution in [0.5, 0.6) is 0 Å². The van der Waals surface area contributed by atoms with Gasteiger partial charge < -0.3 is 9.80 Å². The predicted octanol–water partition coefficient (Wildman–Crippen LogP) is 2.02. The van der Waals surface area contributed by atoms with E-state index < -0.39 is 11.8 Å². The largest absolute Gasteiger partial charge is 0.333 e. The molecule has 0 N–H and O–H groups in total. The smallest absolute Gasteiger partial charge is 0.312 e. The number of hydrogen-bond acceptors (Lipinski definition) is 4. The Labute approximate surface area is 127 Å². The molecule has 0 aromatic carbocycles. The highest BCUT2D eigenvalue weighted by Crippen LogP contribution is 2.29. The Bertz CT molecular complexity index is 506. The fourth-order valence-electron chi connectivity index (χ4n) is 2.35. The van der Waals surface area contributed by atoms with E-state index in [1.54, 1.807) is 9.80 Å². The fraction of sp³-hybridized carbons (Fsp3) is 0.615. The van der Waals surface area contributed by atoms with Crippen LogP contribution in [0.1, 0.15) is 37.0 Å². The van der Waals surface area contributed by atoms with Crippen LogP contribution in [-0.2, 0) is 15.5 Å². The molecule has 1 aromatic heterocycles. The van der Waals surface area contributed by atoms with Gasteiger partial charge in [-0.05, 0) is 13.3 Å². The van der Waals surface area contributed by atoms with E-state index in [-0.39, 0.29) is 6.04 Å². The summed E-state index contributed by atoms with van der Waals surface area (Å²) in [5.41, 5.74) is 0.816. The van der Waals surface area contributed by atoms with Gasteiger partial charge in [0.25, 0.3) is 0 Å². The molecule has 1 atom stereocenters. The van der Waals surface area contributed by atoms with Crippen LogP contribution >= 0.6 is 22.9 Å². The van der Waals surface area contributed by atoms with E-state index in [1.165, 1.54) is 11.3 Å². The molecule has 0 spiro atoms. The maximum absolute atomic E-state index is 12.2. The Morgan fingerprint density at radius 1 is 1.35 bits per heavy atom. The average molecular weight is 316 g/mol. The summed E-state index contributed by atoms with van der Waals surface area (Å²) in [5, 5.41) is 2.76. The van der Waals surface area contributed by atoms with Gasteiger partial charge in [0.1, 0.15) is 5.01 Å². The van der Waals surface area contributed by atoms with E-state index in [9.17, 15) is 9.59 Å². The number of halogens is 1. The first kappa shape index (κ1) is 15.3. The summed E-state index contributed by atoms with van der Waals surface area (Å²) < 4.78 is 0. The molecule has 5 nitrogen and oxygen atoms in total. The van der Waals surface area contributed by atoms with Crippen molar-refractivity contribution in [2.24, 2.45) is 0 Å². The number of likely N-dealkylation sites (N-methyl/N-ethyl adjacent to an activating group) is 1. The van der Waals surface area contributed by atoms with E-state index >= 15 is 0 Å². The molecule has 0 radical (unpaired) electrons. The molecule has 110 valence electrons. The second-order valence-electron chi connectivity index (χ2n) is 4.62. The summed E-state index contributed by atoms with van der Waals surface area (Å²) in [6.45, 7) is 5.60. The van der Waals surface area contributed by atoms with E-state index in [1.807, 2.05) is 19.2 Å². The SMILES string of the molecule is CCC(c1nc(CCl)cs1)N1CCN(CC)C(=O)C1=O. The molecule has 0 saturated carbocycles. The molecule has 2 rings (SSSR count). The number of thiazole rings is 1. The topological polar surface area (TPSA) is 53.5 Å². The Morgan fingerprint density at radius 3 is 2.65 bits per heavy atom. The summed E-state index contributed by atoms with van der Waals surface area (Å²) in [5.74, 6) is -0.470. The summed E-state index contributed by atoms with van der Waals surface area (Å²) in [6, 6.07) is -0.132. The molecule has 0 aliphatic carbocycles. The lowest BCUT2D eigenvalue weighted by atomic mass is 10.1. The number of aromatic nitrogens is 1. The van der Waals surface area contributed by atoms with Crippen molar-refractivity contribution in [1.29, 1.82) is 0 Å². The van der Waals surface area contributed by atoms with Crippen LogP contribution in [0.3, 0.4) is 0 Å². The van der Waals surface area contributed by atoms with Gasteiger partial charge >= 0.3 is 11.8 Å². The summed E-state index contributed by atoms with van der Waals surface area (Å²) in [6.07, 6.45) is 0.736. The van der Waals surface area contributed by atoms with Crippen LogP contribution < -0.4 is 0 Å². The van der Waals surface area contributed by atoms with Crippen LogP contribution in [0.15, 0.2) is 5.38 Å². The van der Waals surface area contributed by atoms with Crippen LogP contribution in [0.4, 0.5) is 0 Å². The highest BCUT2D eigenvalue weighted by Gasteiger charge is 2.36. The number of nitrogens with zero attached hydrogens (tertiary/aromatic N) is 3. The van der Waals surface area contributed by atoms with Gasteiger partial charge in [-0.15, -0.1) is 22.9 Å². The Balaban J connectivity index is 2.19. The lowest BCUT2D eigenvalue weighted by molar-refractivity contribution is -0.157. The third-order valence-electron chi connectivity index (χ3n) is 3.48. The van der Waals surface area contributed by atoms with Crippen LogP contribution in [0.2, 0.25) is 0 Å². The van der Waals surface area contributed by atoms with Crippen molar-refractivity contribution in [3.05, 3.63) is 16.1 Å². The van der Waals surface area contributed by atoms with Crippen molar-refractivity contribution >= 4 is 34.8 Å². The molecule has 1 aliphatic heterocycles. The molecular weight excluding hydrogens is 298 g/mol. The van der Waals surface area contributed by atoms with Crippen molar-refractivity contribution < 1.29 is 9.59 Å². The summed E-state index contributed by atoms with van der Waals surface area (Å²) >= 11 is 7.26. The number of carbonyl (C=O) groups excluding carboxylic acids is 2. The lowest BCUT2D eigenvalue weighted by Gasteiger charge is -2.37. The van der Waals surface area contributed by atoms with Gasteiger partial charge in [-0.2, -0.15) is 0 Å². The van der Waals surface area contributed by atoms with E-state index in [2.05, 4.69) is 4.98 Å². The van der Waals surface area contributed by atoms with E-state index in [4.69, 9.17) is 11.6 Å². The van der Waals surface area contributed by atoms with Crippen LogP contribution in [0, 0.1) is 0 Å². The minimum atomic E-state index is -0.424. The first-order valence-electron chi connectivity index (χ1n) is 6.72. The molecule has 1 saturated heterocycles. The van der Waals surface area contributed by atoms with E-state index in [0.29, 0.717) is 25.5 Å². The van der Waals surface area contributed by atoms with Crippen molar-refractivity contribution in [2.45, 2.75) is 32.2 Å². The van der Waals surface area contributed by atoms with Crippen LogP contribution in [-0.4, -0.2) is 46.2 Å². The molecule has 1 aliphatic rings. The first-order chi connectivity index (χ1) is 9.62. The maximum Gasteiger partial charge on any atom is 0.312 e. The Hall–Kier alpha value is -1.14. The zero-order valence-electron chi connectivity index (χ0n) is 11.6. The summed E-state index contributed by atoms with van der Waals surface area (Å²) in [7, 11) is 0. The van der Waals surface area contributed by atoms with Crippen molar-refractivity contribution in [2.75, 3.05) is 19.6 Å². The molecule has 1 unspecified atom stereocenters. The van der Waals surface area contributed by atoms with E-state index in [0.717, 1.165) is 17.1 Å². The van der Waals surface area contributed by atoms with Gasteiger partial charge in [0.2, 0.25) is 0 Å². The lowest BCUT2D eigenvalue weighted by Crippen LogP contribution is -2.54. The molecule has 7 heteroatoms. The number of rotatable bonds is 5. The highest BCUT2D eigenvalue weighted by atomic mass is 35.5. The van der Waals surface area contributed by atoms with Gasteiger partial charge in [-0.1, -0.05) is 6.92 Å². The zero-order valence-corrected chi connectivity index (χ0v) is 13.2. The van der Waals surface area contributed by atoms with Crippen LogP contribution in [0.25, 0.3) is 0 Å². The van der Waals surface area contributed by atoms with Gasteiger partial charge in [-0.3, -0.25) is 9.59 Å². The molecule has 1 aromatic rings. The zero-order chi connectivity index (χ0) is 14.7. The molecule has 2 amide bonds. The third kappa shape index (κ3) is 2.81. The maximum atomic E-state index is 12.2. The standard InChI is InChI=1S/C13H18ClN3O2S/c1-3-10(11-15-9(7-14)8-20-11)17-6-5-16(4-2)12(18)13(17)19/h8,10H,3-7H2,1-2H3. The minimum absolute atomic E-state index is 0.132. The quantitative estimate of drug-likeness (QED) is 0.617. The first-order valence-corrected chi connectivity index (χ1v) is 8.13. The van der Waals surface area contributed by atoms with Gasteiger partial charge in [0, 0.05) is 25.0 Å². The highest BCUT2D eigenvalue weighted by molar-refractivity contribution is 7.09. The Kier molecular flexibility index (Phi) is 4.99. The summed E-state index contributed by atoms with van der Waals surface area (Å²) in [4.78, 5) is 31.9. The number of carbonyl (C=O) groups is 2. The second-order valence-corrected chi connectivity index (χ2v) is 5.78. The third-order valence-corrected chi connectivity index (χ3v) is 4.75. The predicted molar refractivity (Wildman–Crippen MR) is 78.7 cm³/mol. The van der Waals surface area contributed by atoms with Gasteiger partial charge in [0.15, 0.2) is 0 Å². The fourth-order valence-corrected chi connectivity index (χ4v) is 3.60. The number of piperazine rings is 1. The molecule has 0 bridgehead atoms. The molecule has 1 fully saturated rings. The van der Waals surface area contributed by atoms with Crippen molar-refractivity contribution in [1.82, 2.24) is 14.8 Å². The molecule has 20 heavy (non-hydrogen) atoms. The number of amides is 2. The molecule has 2 heterocycles. The van der Waals surface area contributed by atoms with Crippen molar-refractivity contribution in [3.63, 3.8) is 0 Å². The van der Waals surface area contributed by atoms with Crippen molar-refractivity contribution in [3.8, 4) is 0 Å². The second kappa shape index (κ2) is 6.54. The number of alkyl halides is 1. The minimum Gasteiger partial charge on any atom is -0.333 e.